The topological polar surface area (TPSA) is 73.8 Å². The number of nitrogens with zero attached hydrogens (tertiary/aromatic N) is 3. The summed E-state index contributed by atoms with van der Waals surface area (Å²) in [7, 11) is 0. The fourth-order valence-electron chi connectivity index (χ4n) is 1.99. The van der Waals surface area contributed by atoms with Crippen molar-refractivity contribution >= 4 is 29.1 Å². The van der Waals surface area contributed by atoms with Crippen molar-refractivity contribution in [2.45, 2.75) is 0 Å². The van der Waals surface area contributed by atoms with E-state index in [1.807, 2.05) is 12.1 Å². The lowest BCUT2D eigenvalue weighted by atomic mass is 10.1. The molecule has 3 rings (SSSR count). The van der Waals surface area contributed by atoms with Crippen molar-refractivity contribution in [3.05, 3.63) is 59.8 Å². The van der Waals surface area contributed by atoms with E-state index in [0.29, 0.717) is 16.6 Å². The van der Waals surface area contributed by atoms with E-state index in [4.69, 9.17) is 5.73 Å². The molecule has 2 N–H and O–H groups in total. The summed E-state index contributed by atoms with van der Waals surface area (Å²) in [6, 6.07) is 7.98. The SMILES string of the molecule is NC(=O)n1nc(/C=C/c2cccnc2)c2c[c]c(F)cc21. The van der Waals surface area contributed by atoms with E-state index in [9.17, 15) is 9.18 Å². The molecule has 3 aromatic rings. The second-order valence-electron chi connectivity index (χ2n) is 4.33. The van der Waals surface area contributed by atoms with E-state index in [1.54, 1.807) is 24.5 Å². The van der Waals surface area contributed by atoms with Gasteiger partial charge in [-0.3, -0.25) is 4.98 Å². The Hall–Kier alpha value is -3.02. The van der Waals surface area contributed by atoms with Crippen LogP contribution in [0.4, 0.5) is 9.18 Å². The van der Waals surface area contributed by atoms with Gasteiger partial charge in [0.1, 0.15) is 5.82 Å². The maximum Gasteiger partial charge on any atom is 0.340 e. The molecule has 0 bridgehead atoms. The zero-order chi connectivity index (χ0) is 14.8. The molecule has 2 aromatic heterocycles. The maximum absolute atomic E-state index is 13.3. The van der Waals surface area contributed by atoms with Crippen LogP contribution in [0.3, 0.4) is 0 Å². The molecular weight excluding hydrogens is 271 g/mol. The molecule has 6 heteroatoms. The highest BCUT2D eigenvalue weighted by Gasteiger charge is 2.12. The number of carbonyl (C=O) groups is 1. The van der Waals surface area contributed by atoms with Gasteiger partial charge in [0.2, 0.25) is 0 Å². The first-order valence-electron chi connectivity index (χ1n) is 6.13. The molecule has 0 spiro atoms. The summed E-state index contributed by atoms with van der Waals surface area (Å²) in [5, 5.41) is 4.69. The number of halogens is 1. The van der Waals surface area contributed by atoms with Crippen LogP contribution in [0.15, 0.2) is 36.7 Å². The van der Waals surface area contributed by atoms with Gasteiger partial charge in [-0.1, -0.05) is 12.1 Å². The third-order valence-electron chi connectivity index (χ3n) is 2.93. The van der Waals surface area contributed by atoms with E-state index in [-0.39, 0.29) is 0 Å². The molecule has 2 heterocycles. The molecular formula is C15H10FN4O. The second kappa shape index (κ2) is 5.16. The van der Waals surface area contributed by atoms with Crippen LogP contribution in [-0.2, 0) is 0 Å². The Morgan fingerprint density at radius 1 is 1.43 bits per heavy atom. The fourth-order valence-corrected chi connectivity index (χ4v) is 1.99. The number of amides is 1. The van der Waals surface area contributed by atoms with E-state index >= 15 is 0 Å². The van der Waals surface area contributed by atoms with Crippen LogP contribution in [0, 0.1) is 11.9 Å². The van der Waals surface area contributed by atoms with Crippen LogP contribution in [-0.4, -0.2) is 20.8 Å². The minimum absolute atomic E-state index is 0.310. The average molecular weight is 281 g/mol. The predicted octanol–water partition coefficient (Wildman–Crippen LogP) is 2.47. The highest BCUT2D eigenvalue weighted by atomic mass is 19.1. The van der Waals surface area contributed by atoms with Crippen LogP contribution < -0.4 is 5.73 Å². The Kier molecular flexibility index (Phi) is 3.19. The van der Waals surface area contributed by atoms with Gasteiger partial charge in [0.15, 0.2) is 0 Å². The largest absolute Gasteiger partial charge is 0.350 e. The number of carbonyl (C=O) groups excluding carboxylic acids is 1. The molecule has 5 nitrogen and oxygen atoms in total. The molecule has 21 heavy (non-hydrogen) atoms. The first-order chi connectivity index (χ1) is 10.1. The number of hydrogen-bond acceptors (Lipinski definition) is 3. The van der Waals surface area contributed by atoms with Crippen molar-refractivity contribution in [2.75, 3.05) is 0 Å². The normalized spacial score (nSPS) is 11.3. The summed E-state index contributed by atoms with van der Waals surface area (Å²) in [6.45, 7) is 0. The number of hydrogen-bond donors (Lipinski definition) is 1. The van der Waals surface area contributed by atoms with E-state index in [0.717, 1.165) is 10.2 Å². The smallest absolute Gasteiger partial charge is 0.340 e. The van der Waals surface area contributed by atoms with Crippen molar-refractivity contribution in [3.63, 3.8) is 0 Å². The van der Waals surface area contributed by atoms with Gasteiger partial charge in [0.25, 0.3) is 0 Å². The van der Waals surface area contributed by atoms with Gasteiger partial charge in [0, 0.05) is 29.9 Å². The number of aromatic nitrogens is 3. The lowest BCUT2D eigenvalue weighted by Crippen LogP contribution is -2.20. The molecule has 1 amide bonds. The molecule has 0 aliphatic carbocycles. The van der Waals surface area contributed by atoms with Crippen molar-refractivity contribution < 1.29 is 9.18 Å². The standard InChI is InChI=1S/C15H10FN4O/c16-11-4-5-12-13(6-3-10-2-1-7-18-9-10)19-20(15(17)21)14(12)8-11/h1-3,5-9H,(H2,17,21)/b6-3+. The van der Waals surface area contributed by atoms with Crippen molar-refractivity contribution in [2.24, 2.45) is 5.73 Å². The van der Waals surface area contributed by atoms with Gasteiger partial charge >= 0.3 is 6.03 Å². The Bertz CT molecular complexity index is 840. The Balaban J connectivity index is 2.11. The zero-order valence-corrected chi connectivity index (χ0v) is 10.8. The first kappa shape index (κ1) is 13.0. The van der Waals surface area contributed by atoms with Gasteiger partial charge in [-0.2, -0.15) is 9.78 Å². The number of nitrogens with two attached hydrogens (primary N) is 1. The molecule has 0 unspecified atom stereocenters. The number of pyridine rings is 1. The zero-order valence-electron chi connectivity index (χ0n) is 10.8. The minimum atomic E-state index is -0.772. The maximum atomic E-state index is 13.3. The summed E-state index contributed by atoms with van der Waals surface area (Å²) < 4.78 is 14.2. The lowest BCUT2D eigenvalue weighted by molar-refractivity contribution is 0.248. The van der Waals surface area contributed by atoms with E-state index in [2.05, 4.69) is 16.1 Å². The molecule has 1 radical (unpaired) electrons. The number of benzene rings is 1. The van der Waals surface area contributed by atoms with Gasteiger partial charge in [-0.25, -0.2) is 9.18 Å². The quantitative estimate of drug-likeness (QED) is 0.784. The molecule has 1 aromatic carbocycles. The molecule has 0 atom stereocenters. The van der Waals surface area contributed by atoms with Crippen LogP contribution in [0.2, 0.25) is 0 Å². The molecule has 0 fully saturated rings. The van der Waals surface area contributed by atoms with Gasteiger partial charge in [0.05, 0.1) is 11.2 Å². The molecule has 0 aliphatic rings. The monoisotopic (exact) mass is 281 g/mol. The summed E-state index contributed by atoms with van der Waals surface area (Å²) in [6.07, 6.45) is 6.87. The average Bonchev–Trinajstić information content (AvgIpc) is 2.84. The number of fused-ring (bicyclic) bond motifs is 1. The Morgan fingerprint density at radius 2 is 2.29 bits per heavy atom. The van der Waals surface area contributed by atoms with Gasteiger partial charge in [-0.05, 0) is 23.8 Å². The summed E-state index contributed by atoms with van der Waals surface area (Å²) in [5.41, 5.74) is 6.94. The summed E-state index contributed by atoms with van der Waals surface area (Å²) in [4.78, 5) is 15.4. The van der Waals surface area contributed by atoms with E-state index < -0.39 is 11.8 Å². The van der Waals surface area contributed by atoms with Crippen molar-refractivity contribution in [1.82, 2.24) is 14.8 Å². The Morgan fingerprint density at radius 3 is 3.00 bits per heavy atom. The molecule has 0 saturated carbocycles. The molecule has 103 valence electrons. The predicted molar refractivity (Wildman–Crippen MR) is 76.7 cm³/mol. The minimum Gasteiger partial charge on any atom is -0.350 e. The number of rotatable bonds is 2. The number of primary amides is 1. The van der Waals surface area contributed by atoms with Crippen LogP contribution >= 0.6 is 0 Å². The van der Waals surface area contributed by atoms with Gasteiger partial charge < -0.3 is 5.73 Å². The summed E-state index contributed by atoms with van der Waals surface area (Å²) >= 11 is 0. The van der Waals surface area contributed by atoms with Crippen LogP contribution in [0.1, 0.15) is 11.3 Å². The fraction of sp³-hybridized carbons (Fsp3) is 0. The highest BCUT2D eigenvalue weighted by Crippen LogP contribution is 2.21. The first-order valence-corrected chi connectivity index (χ1v) is 6.13. The third-order valence-corrected chi connectivity index (χ3v) is 2.93. The van der Waals surface area contributed by atoms with Crippen LogP contribution in [0.25, 0.3) is 23.1 Å². The van der Waals surface area contributed by atoms with Crippen molar-refractivity contribution in [3.8, 4) is 0 Å². The Labute approximate surface area is 119 Å². The highest BCUT2D eigenvalue weighted by molar-refractivity contribution is 5.95. The van der Waals surface area contributed by atoms with Crippen molar-refractivity contribution in [1.29, 1.82) is 0 Å². The summed E-state index contributed by atoms with van der Waals surface area (Å²) in [5.74, 6) is -0.576. The van der Waals surface area contributed by atoms with Gasteiger partial charge in [-0.15, -0.1) is 0 Å². The lowest BCUT2D eigenvalue weighted by Gasteiger charge is -1.95. The molecule has 0 saturated heterocycles. The second-order valence-corrected chi connectivity index (χ2v) is 4.33. The third kappa shape index (κ3) is 2.51. The van der Waals surface area contributed by atoms with Crippen LogP contribution in [0.5, 0.6) is 0 Å². The van der Waals surface area contributed by atoms with E-state index in [1.165, 1.54) is 12.1 Å². The molecule has 0 aliphatic heterocycles.